The lowest BCUT2D eigenvalue weighted by atomic mass is 9.70. The summed E-state index contributed by atoms with van der Waals surface area (Å²) in [5.41, 5.74) is 0.411. The van der Waals surface area contributed by atoms with E-state index in [1.807, 2.05) is 0 Å². The highest BCUT2D eigenvalue weighted by Gasteiger charge is 2.40. The van der Waals surface area contributed by atoms with Crippen molar-refractivity contribution >= 4 is 0 Å². The Hall–Kier alpha value is -0.120. The van der Waals surface area contributed by atoms with Gasteiger partial charge in [0.05, 0.1) is 6.10 Å². The third kappa shape index (κ3) is 3.06. The molecule has 1 heterocycles. The molecule has 3 nitrogen and oxygen atoms in total. The first-order chi connectivity index (χ1) is 8.54. The number of rotatable bonds is 2. The molecule has 2 rings (SSSR count). The van der Waals surface area contributed by atoms with Gasteiger partial charge in [-0.25, -0.2) is 0 Å². The summed E-state index contributed by atoms with van der Waals surface area (Å²) in [6.45, 7) is 10.3. The van der Waals surface area contributed by atoms with E-state index in [1.54, 1.807) is 0 Å². The normalized spacial score (nSPS) is 38.3. The molecule has 0 radical (unpaired) electrons. The van der Waals surface area contributed by atoms with Gasteiger partial charge in [0, 0.05) is 31.8 Å². The van der Waals surface area contributed by atoms with Gasteiger partial charge in [0.25, 0.3) is 0 Å². The molecular formula is C15H30N2O. The molecule has 0 aromatic heterocycles. The van der Waals surface area contributed by atoms with E-state index in [4.69, 9.17) is 4.74 Å². The topological polar surface area (TPSA) is 24.5 Å². The molecule has 0 spiro atoms. The van der Waals surface area contributed by atoms with Gasteiger partial charge in [-0.05, 0) is 38.6 Å². The quantitative estimate of drug-likeness (QED) is 0.818. The van der Waals surface area contributed by atoms with Gasteiger partial charge in [-0.3, -0.25) is 4.90 Å². The fourth-order valence-electron chi connectivity index (χ4n) is 3.91. The van der Waals surface area contributed by atoms with Crippen molar-refractivity contribution in [1.29, 1.82) is 0 Å². The van der Waals surface area contributed by atoms with Crippen LogP contribution in [0.1, 0.15) is 46.5 Å². The van der Waals surface area contributed by atoms with E-state index in [0.717, 1.165) is 13.2 Å². The minimum absolute atomic E-state index is 0.384. The van der Waals surface area contributed by atoms with Crippen LogP contribution in [-0.2, 0) is 4.74 Å². The van der Waals surface area contributed by atoms with Gasteiger partial charge in [0.1, 0.15) is 0 Å². The highest BCUT2D eigenvalue weighted by Crippen LogP contribution is 2.38. The molecule has 1 N–H and O–H groups in total. The first kappa shape index (κ1) is 14.3. The second-order valence-electron chi connectivity index (χ2n) is 6.74. The molecule has 2 aliphatic rings. The van der Waals surface area contributed by atoms with Crippen LogP contribution in [-0.4, -0.2) is 49.8 Å². The van der Waals surface area contributed by atoms with Crippen LogP contribution in [0, 0.1) is 5.41 Å². The molecule has 1 saturated carbocycles. The van der Waals surface area contributed by atoms with Crippen molar-refractivity contribution < 1.29 is 4.74 Å². The third-order valence-corrected chi connectivity index (χ3v) is 4.81. The minimum atomic E-state index is 0.384. The Bertz CT molecular complexity index is 267. The largest absolute Gasteiger partial charge is 0.377 e. The van der Waals surface area contributed by atoms with Crippen LogP contribution in [0.5, 0.6) is 0 Å². The number of hydrogen-bond acceptors (Lipinski definition) is 3. The third-order valence-electron chi connectivity index (χ3n) is 4.81. The number of hydrogen-bond donors (Lipinski definition) is 1. The van der Waals surface area contributed by atoms with E-state index in [0.29, 0.717) is 23.6 Å². The second-order valence-corrected chi connectivity index (χ2v) is 6.74. The maximum absolute atomic E-state index is 5.78. The van der Waals surface area contributed by atoms with Crippen molar-refractivity contribution in [3.8, 4) is 0 Å². The van der Waals surface area contributed by atoms with Crippen molar-refractivity contribution in [2.45, 2.75) is 64.6 Å². The summed E-state index contributed by atoms with van der Waals surface area (Å²) < 4.78 is 5.78. The zero-order valence-corrected chi connectivity index (χ0v) is 12.5. The Morgan fingerprint density at radius 2 is 2.06 bits per heavy atom. The van der Waals surface area contributed by atoms with Crippen LogP contribution < -0.4 is 5.32 Å². The summed E-state index contributed by atoms with van der Waals surface area (Å²) in [7, 11) is 2.13. The van der Waals surface area contributed by atoms with Crippen LogP contribution in [0.3, 0.4) is 0 Å². The molecule has 0 amide bonds. The lowest BCUT2D eigenvalue weighted by Gasteiger charge is -2.48. The van der Waals surface area contributed by atoms with E-state index in [2.05, 4.69) is 38.0 Å². The van der Waals surface area contributed by atoms with Gasteiger partial charge >= 0.3 is 0 Å². The number of nitrogens with one attached hydrogen (secondary N) is 1. The standard InChI is InChI=1S/C15H30N2O/c1-12-11-17(9-6-10-18-12)13-7-5-8-15(2,3)14(13)16-4/h12-14,16H,5-11H2,1-4H3. The summed E-state index contributed by atoms with van der Waals surface area (Å²) in [5, 5.41) is 3.59. The average Bonchev–Trinajstić information content (AvgIpc) is 2.52. The highest BCUT2D eigenvalue weighted by atomic mass is 16.5. The van der Waals surface area contributed by atoms with Crippen LogP contribution in [0.15, 0.2) is 0 Å². The summed E-state index contributed by atoms with van der Waals surface area (Å²) in [4.78, 5) is 2.68. The predicted octanol–water partition coefficient (Wildman–Crippen LogP) is 2.26. The van der Waals surface area contributed by atoms with Gasteiger partial charge in [0.15, 0.2) is 0 Å². The van der Waals surface area contributed by atoms with Crippen LogP contribution in [0.2, 0.25) is 0 Å². The van der Waals surface area contributed by atoms with Crippen molar-refractivity contribution in [3.63, 3.8) is 0 Å². The smallest absolute Gasteiger partial charge is 0.0674 e. The first-order valence-electron chi connectivity index (χ1n) is 7.57. The Kier molecular flexibility index (Phi) is 4.68. The minimum Gasteiger partial charge on any atom is -0.377 e. The summed E-state index contributed by atoms with van der Waals surface area (Å²) >= 11 is 0. The van der Waals surface area contributed by atoms with Crippen LogP contribution >= 0.6 is 0 Å². The highest BCUT2D eigenvalue weighted by molar-refractivity contribution is 4.98. The summed E-state index contributed by atoms with van der Waals surface area (Å²) in [6.07, 6.45) is 5.60. The molecule has 3 heteroatoms. The van der Waals surface area contributed by atoms with Crippen molar-refractivity contribution in [3.05, 3.63) is 0 Å². The molecule has 0 aromatic rings. The predicted molar refractivity (Wildman–Crippen MR) is 75.9 cm³/mol. The fourth-order valence-corrected chi connectivity index (χ4v) is 3.91. The summed E-state index contributed by atoms with van der Waals surface area (Å²) in [5.74, 6) is 0. The molecular weight excluding hydrogens is 224 g/mol. The molecule has 1 aliphatic carbocycles. The van der Waals surface area contributed by atoms with Gasteiger partial charge < -0.3 is 10.1 Å². The van der Waals surface area contributed by atoms with Crippen molar-refractivity contribution in [2.24, 2.45) is 5.41 Å². The van der Waals surface area contributed by atoms with Gasteiger partial charge in [0.2, 0.25) is 0 Å². The van der Waals surface area contributed by atoms with E-state index in [9.17, 15) is 0 Å². The monoisotopic (exact) mass is 254 g/mol. The molecule has 0 aromatic carbocycles. The van der Waals surface area contributed by atoms with Gasteiger partial charge in [-0.1, -0.05) is 20.3 Å². The number of ether oxygens (including phenoxy) is 1. The molecule has 3 unspecified atom stereocenters. The van der Waals surface area contributed by atoms with Crippen molar-refractivity contribution in [2.75, 3.05) is 26.7 Å². The van der Waals surface area contributed by atoms with E-state index in [1.165, 1.54) is 32.2 Å². The molecule has 3 atom stereocenters. The Morgan fingerprint density at radius 1 is 1.28 bits per heavy atom. The molecule has 0 bridgehead atoms. The molecule has 106 valence electrons. The Labute approximate surface area is 112 Å². The second kappa shape index (κ2) is 5.89. The number of likely N-dealkylation sites (N-methyl/N-ethyl adjacent to an activating group) is 1. The average molecular weight is 254 g/mol. The maximum Gasteiger partial charge on any atom is 0.0674 e. The van der Waals surface area contributed by atoms with Crippen LogP contribution in [0.25, 0.3) is 0 Å². The zero-order chi connectivity index (χ0) is 13.2. The Morgan fingerprint density at radius 3 is 2.78 bits per heavy atom. The van der Waals surface area contributed by atoms with Gasteiger partial charge in [-0.15, -0.1) is 0 Å². The van der Waals surface area contributed by atoms with Crippen molar-refractivity contribution in [1.82, 2.24) is 10.2 Å². The maximum atomic E-state index is 5.78. The van der Waals surface area contributed by atoms with Crippen LogP contribution in [0.4, 0.5) is 0 Å². The molecule has 1 saturated heterocycles. The molecule has 18 heavy (non-hydrogen) atoms. The molecule has 1 aliphatic heterocycles. The number of nitrogens with zero attached hydrogens (tertiary/aromatic N) is 1. The Balaban J connectivity index is 2.09. The van der Waals surface area contributed by atoms with E-state index < -0.39 is 0 Å². The fraction of sp³-hybridized carbons (Fsp3) is 1.00. The summed E-state index contributed by atoms with van der Waals surface area (Å²) in [6, 6.07) is 1.29. The van der Waals surface area contributed by atoms with Gasteiger partial charge in [-0.2, -0.15) is 0 Å². The lowest BCUT2D eigenvalue weighted by molar-refractivity contribution is 0.0261. The van der Waals surface area contributed by atoms with E-state index >= 15 is 0 Å². The molecule has 2 fully saturated rings. The van der Waals surface area contributed by atoms with E-state index in [-0.39, 0.29) is 0 Å². The SMILES string of the molecule is CNC1C(N2CCCOC(C)C2)CCCC1(C)C. The lowest BCUT2D eigenvalue weighted by Crippen LogP contribution is -2.58. The first-order valence-corrected chi connectivity index (χ1v) is 7.57. The zero-order valence-electron chi connectivity index (χ0n) is 12.5.